The second-order valence-electron chi connectivity index (χ2n) is 5.91. The number of rotatable bonds is 6. The zero-order chi connectivity index (χ0) is 20.0. The molecule has 1 heterocycles. The molecule has 0 aliphatic heterocycles. The van der Waals surface area contributed by atoms with Gasteiger partial charge in [0.25, 0.3) is 5.13 Å². The van der Waals surface area contributed by atoms with Crippen molar-refractivity contribution in [3.63, 3.8) is 0 Å². The van der Waals surface area contributed by atoms with Gasteiger partial charge in [-0.1, -0.05) is 25.2 Å². The molecular weight excluding hydrogens is 388 g/mol. The van der Waals surface area contributed by atoms with E-state index in [2.05, 4.69) is 38.4 Å². The SMILES string of the molecule is CC(C)COC(=O)Nc1cc(O)c(C#N)cc1/N=N/c1nnc(C(C)S)s1. The molecule has 0 saturated heterocycles. The van der Waals surface area contributed by atoms with Crippen LogP contribution in [0.25, 0.3) is 0 Å². The second kappa shape index (κ2) is 9.29. The van der Waals surface area contributed by atoms with Gasteiger partial charge in [-0.15, -0.1) is 20.4 Å². The van der Waals surface area contributed by atoms with Crippen LogP contribution in [0.5, 0.6) is 5.75 Å². The zero-order valence-electron chi connectivity index (χ0n) is 14.9. The molecule has 0 spiro atoms. The van der Waals surface area contributed by atoms with Crippen LogP contribution in [0.3, 0.4) is 0 Å². The van der Waals surface area contributed by atoms with Gasteiger partial charge in [0.2, 0.25) is 0 Å². The normalized spacial score (nSPS) is 12.1. The molecule has 2 aromatic rings. The maximum Gasteiger partial charge on any atom is 0.411 e. The summed E-state index contributed by atoms with van der Waals surface area (Å²) in [5.74, 6) is -0.122. The Morgan fingerprint density at radius 2 is 2.15 bits per heavy atom. The van der Waals surface area contributed by atoms with E-state index in [9.17, 15) is 9.90 Å². The third-order valence-corrected chi connectivity index (χ3v) is 4.46. The van der Waals surface area contributed by atoms with Gasteiger partial charge in [-0.05, 0) is 18.9 Å². The first kappa shape index (κ1) is 20.6. The number of hydrogen-bond acceptors (Lipinski definition) is 10. The molecule has 0 aliphatic rings. The number of phenolic OH excluding ortho intramolecular Hbond substituents is 1. The third-order valence-electron chi connectivity index (χ3n) is 3.05. The van der Waals surface area contributed by atoms with Gasteiger partial charge < -0.3 is 9.84 Å². The van der Waals surface area contributed by atoms with Crippen molar-refractivity contribution < 1.29 is 14.6 Å². The van der Waals surface area contributed by atoms with Gasteiger partial charge in [0.05, 0.1) is 23.1 Å². The van der Waals surface area contributed by atoms with E-state index < -0.39 is 6.09 Å². The van der Waals surface area contributed by atoms with Gasteiger partial charge in [-0.25, -0.2) is 4.79 Å². The molecule has 1 unspecified atom stereocenters. The highest BCUT2D eigenvalue weighted by molar-refractivity contribution is 7.80. The van der Waals surface area contributed by atoms with E-state index in [1.807, 2.05) is 26.8 Å². The lowest BCUT2D eigenvalue weighted by atomic mass is 10.1. The van der Waals surface area contributed by atoms with Crippen molar-refractivity contribution in [2.24, 2.45) is 16.1 Å². The Morgan fingerprint density at radius 1 is 1.41 bits per heavy atom. The number of benzene rings is 1. The highest BCUT2D eigenvalue weighted by Crippen LogP contribution is 2.34. The van der Waals surface area contributed by atoms with E-state index >= 15 is 0 Å². The van der Waals surface area contributed by atoms with Crippen LogP contribution in [-0.2, 0) is 4.74 Å². The number of ether oxygens (including phenoxy) is 1. The lowest BCUT2D eigenvalue weighted by Gasteiger charge is -2.11. The minimum atomic E-state index is -0.702. The van der Waals surface area contributed by atoms with Crippen molar-refractivity contribution in [1.82, 2.24) is 10.2 Å². The third kappa shape index (κ3) is 5.90. The number of nitrogens with one attached hydrogen (secondary N) is 1. The van der Waals surface area contributed by atoms with E-state index in [4.69, 9.17) is 10.00 Å². The average Bonchev–Trinajstić information content (AvgIpc) is 3.08. The average molecular weight is 406 g/mol. The summed E-state index contributed by atoms with van der Waals surface area (Å²) in [7, 11) is 0. The van der Waals surface area contributed by atoms with Crippen LogP contribution in [-0.4, -0.2) is 28.0 Å². The van der Waals surface area contributed by atoms with Crippen LogP contribution in [0.2, 0.25) is 0 Å². The van der Waals surface area contributed by atoms with Crippen molar-refractivity contribution in [3.8, 4) is 11.8 Å². The summed E-state index contributed by atoms with van der Waals surface area (Å²) in [6.07, 6.45) is -0.702. The molecule has 142 valence electrons. The number of nitrogens with zero attached hydrogens (tertiary/aromatic N) is 5. The molecule has 1 aromatic heterocycles. The molecule has 0 saturated carbocycles. The van der Waals surface area contributed by atoms with Gasteiger partial charge in [-0.2, -0.15) is 17.9 Å². The quantitative estimate of drug-likeness (QED) is 0.469. The summed E-state index contributed by atoms with van der Waals surface area (Å²) in [6, 6.07) is 4.36. The summed E-state index contributed by atoms with van der Waals surface area (Å²) >= 11 is 5.49. The minimum absolute atomic E-state index is 0.00743. The summed E-state index contributed by atoms with van der Waals surface area (Å²) in [4.78, 5) is 11.9. The van der Waals surface area contributed by atoms with E-state index in [1.165, 1.54) is 23.5 Å². The van der Waals surface area contributed by atoms with Crippen LogP contribution in [0.4, 0.5) is 21.3 Å². The Bertz CT molecular complexity index is 889. The van der Waals surface area contributed by atoms with E-state index in [0.29, 0.717) is 10.1 Å². The molecule has 2 rings (SSSR count). The first-order valence-corrected chi connectivity index (χ1v) is 9.27. The van der Waals surface area contributed by atoms with Gasteiger partial charge in [-0.3, -0.25) is 5.32 Å². The fourth-order valence-corrected chi connectivity index (χ4v) is 2.58. The van der Waals surface area contributed by atoms with Crippen molar-refractivity contribution in [3.05, 3.63) is 22.7 Å². The van der Waals surface area contributed by atoms with Crippen LogP contribution < -0.4 is 5.32 Å². The molecule has 27 heavy (non-hydrogen) atoms. The van der Waals surface area contributed by atoms with E-state index in [1.54, 1.807) is 0 Å². The number of carbonyl (C=O) groups excluding carboxylic acids is 1. The number of anilines is 1. The standard InChI is InChI=1S/C16H18N6O3S2/c1-8(2)7-25-16(24)18-11-5-13(23)10(6-17)4-12(11)19-21-15-22-20-14(27-15)9(3)26/h4-5,8-9,23,26H,7H2,1-3H3,(H,18,24)/b21-19+. The number of azo groups is 1. The molecule has 11 heteroatoms. The maximum atomic E-state index is 11.9. The maximum absolute atomic E-state index is 11.9. The van der Waals surface area contributed by atoms with Crippen LogP contribution in [0.1, 0.15) is 36.6 Å². The largest absolute Gasteiger partial charge is 0.506 e. The molecule has 9 nitrogen and oxygen atoms in total. The smallest absolute Gasteiger partial charge is 0.411 e. The second-order valence-corrected chi connectivity index (χ2v) is 7.68. The van der Waals surface area contributed by atoms with E-state index in [-0.39, 0.29) is 40.5 Å². The summed E-state index contributed by atoms with van der Waals surface area (Å²) < 4.78 is 5.05. The number of phenols is 1. The summed E-state index contributed by atoms with van der Waals surface area (Å²) in [5.41, 5.74) is 0.310. The molecule has 0 radical (unpaired) electrons. The van der Waals surface area contributed by atoms with Gasteiger partial charge in [0, 0.05) is 6.07 Å². The number of aromatic hydroxyl groups is 1. The molecule has 1 atom stereocenters. The number of hydrogen-bond donors (Lipinski definition) is 3. The molecule has 0 bridgehead atoms. The minimum Gasteiger partial charge on any atom is -0.506 e. The van der Waals surface area contributed by atoms with Crippen LogP contribution in [0, 0.1) is 17.2 Å². The van der Waals surface area contributed by atoms with Gasteiger partial charge >= 0.3 is 6.09 Å². The highest BCUT2D eigenvalue weighted by Gasteiger charge is 2.14. The first-order chi connectivity index (χ1) is 12.8. The topological polar surface area (TPSA) is 133 Å². The Kier molecular flexibility index (Phi) is 7.09. The Hall–Kier alpha value is -2.71. The lowest BCUT2D eigenvalue weighted by molar-refractivity contribution is 0.147. The first-order valence-electron chi connectivity index (χ1n) is 7.94. The van der Waals surface area contributed by atoms with Crippen molar-refractivity contribution in [2.75, 3.05) is 11.9 Å². The number of nitriles is 1. The van der Waals surface area contributed by atoms with Crippen LogP contribution in [0.15, 0.2) is 22.4 Å². The van der Waals surface area contributed by atoms with Gasteiger partial charge in [0.15, 0.2) is 0 Å². The molecule has 1 aromatic carbocycles. The molecule has 0 fully saturated rings. The molecule has 2 N–H and O–H groups in total. The van der Waals surface area contributed by atoms with E-state index in [0.717, 1.165) is 0 Å². The lowest BCUT2D eigenvalue weighted by Crippen LogP contribution is -2.16. The van der Waals surface area contributed by atoms with Crippen molar-refractivity contribution in [2.45, 2.75) is 26.0 Å². The molecule has 1 amide bonds. The number of aromatic nitrogens is 2. The summed E-state index contributed by atoms with van der Waals surface area (Å²) in [5, 5.41) is 38.2. The van der Waals surface area contributed by atoms with Crippen molar-refractivity contribution >= 4 is 46.6 Å². The van der Waals surface area contributed by atoms with Gasteiger partial charge in [0.1, 0.15) is 22.5 Å². The van der Waals surface area contributed by atoms with Crippen molar-refractivity contribution in [1.29, 1.82) is 5.26 Å². The Labute approximate surface area is 165 Å². The molecular formula is C16H18N6O3S2. The molecule has 0 aliphatic carbocycles. The predicted molar refractivity (Wildman–Crippen MR) is 104 cm³/mol. The fraction of sp³-hybridized carbons (Fsp3) is 0.375. The number of carbonyl (C=O) groups is 1. The Morgan fingerprint density at radius 3 is 2.74 bits per heavy atom. The predicted octanol–water partition coefficient (Wildman–Crippen LogP) is 4.73. The monoisotopic (exact) mass is 406 g/mol. The number of amides is 1. The highest BCUT2D eigenvalue weighted by atomic mass is 32.1. The summed E-state index contributed by atoms with van der Waals surface area (Å²) in [6.45, 7) is 5.90. The number of thiol groups is 1. The Balaban J connectivity index is 2.28. The zero-order valence-corrected chi connectivity index (χ0v) is 16.6. The van der Waals surface area contributed by atoms with Crippen LogP contribution >= 0.6 is 24.0 Å². The fourth-order valence-electron chi connectivity index (χ4n) is 1.77.